The molecule has 1 aliphatic heterocycles. The van der Waals surface area contributed by atoms with Crippen molar-refractivity contribution in [3.05, 3.63) is 35.5 Å². The van der Waals surface area contributed by atoms with Crippen molar-refractivity contribution >= 4 is 16.6 Å². The van der Waals surface area contributed by atoms with E-state index in [0.29, 0.717) is 0 Å². The van der Waals surface area contributed by atoms with Gasteiger partial charge in [-0.2, -0.15) is 0 Å². The molecule has 0 radical (unpaired) electrons. The van der Waals surface area contributed by atoms with Gasteiger partial charge < -0.3 is 4.98 Å². The number of benzene rings is 1. The highest BCUT2D eigenvalue weighted by molar-refractivity contribution is 6.08. The van der Waals surface area contributed by atoms with Crippen molar-refractivity contribution in [1.29, 1.82) is 0 Å². The fraction of sp³-hybridized carbons (Fsp3) is 0.400. The number of nitrogens with one attached hydrogen (secondary N) is 1. The molecule has 2 heterocycles. The van der Waals surface area contributed by atoms with Gasteiger partial charge in [-0.25, -0.2) is 0 Å². The minimum atomic E-state index is 0.107. The maximum atomic E-state index is 4.72. The molecular formula is C15H18N2. The summed E-state index contributed by atoms with van der Waals surface area (Å²) < 4.78 is 0. The lowest BCUT2D eigenvalue weighted by Gasteiger charge is -2.24. The number of H-pyrrole nitrogens is 1. The molecule has 88 valence electrons. The maximum Gasteiger partial charge on any atom is 0.0644 e. The Kier molecular flexibility index (Phi) is 2.15. The molecule has 1 aromatic carbocycles. The van der Waals surface area contributed by atoms with Gasteiger partial charge in [-0.1, -0.05) is 39.0 Å². The number of aromatic nitrogens is 1. The molecule has 0 unspecified atom stereocenters. The van der Waals surface area contributed by atoms with E-state index in [-0.39, 0.29) is 5.41 Å². The second-order valence-corrected chi connectivity index (χ2v) is 5.75. The minimum absolute atomic E-state index is 0.107. The Labute approximate surface area is 102 Å². The molecule has 0 bridgehead atoms. The third kappa shape index (κ3) is 1.59. The van der Waals surface area contributed by atoms with Gasteiger partial charge in [0.15, 0.2) is 0 Å². The number of hydrogen-bond acceptors (Lipinski definition) is 1. The summed E-state index contributed by atoms with van der Waals surface area (Å²) in [7, 11) is 0. The number of rotatable bonds is 0. The predicted octanol–water partition coefficient (Wildman–Crippen LogP) is 3.56. The number of nitrogens with zero attached hydrogens (tertiary/aromatic N) is 1. The van der Waals surface area contributed by atoms with Crippen molar-refractivity contribution in [1.82, 2.24) is 4.98 Å². The van der Waals surface area contributed by atoms with E-state index in [1.54, 1.807) is 0 Å². The molecule has 3 rings (SSSR count). The van der Waals surface area contributed by atoms with Crippen molar-refractivity contribution in [2.75, 3.05) is 6.54 Å². The molecule has 0 saturated heterocycles. The van der Waals surface area contributed by atoms with Gasteiger partial charge in [0.25, 0.3) is 0 Å². The summed E-state index contributed by atoms with van der Waals surface area (Å²) in [5.41, 5.74) is 5.26. The fourth-order valence-electron chi connectivity index (χ4n) is 2.63. The summed E-state index contributed by atoms with van der Waals surface area (Å²) in [4.78, 5) is 8.26. The van der Waals surface area contributed by atoms with Gasteiger partial charge in [-0.3, -0.25) is 4.99 Å². The Hall–Kier alpha value is -1.57. The average Bonchev–Trinajstić information content (AvgIpc) is 2.65. The van der Waals surface area contributed by atoms with Crippen LogP contribution >= 0.6 is 0 Å². The van der Waals surface area contributed by atoms with E-state index in [9.17, 15) is 0 Å². The van der Waals surface area contributed by atoms with Crippen LogP contribution in [0.1, 0.15) is 32.0 Å². The van der Waals surface area contributed by atoms with Crippen molar-refractivity contribution in [3.63, 3.8) is 0 Å². The molecule has 17 heavy (non-hydrogen) atoms. The lowest BCUT2D eigenvalue weighted by Crippen LogP contribution is -2.26. The molecule has 0 saturated carbocycles. The molecule has 1 aliphatic rings. The molecule has 1 N–H and O–H groups in total. The summed E-state index contributed by atoms with van der Waals surface area (Å²) in [6.07, 6.45) is 1.05. The third-order valence-electron chi connectivity index (χ3n) is 3.39. The largest absolute Gasteiger partial charge is 0.353 e. The van der Waals surface area contributed by atoms with Gasteiger partial charge in [0.1, 0.15) is 0 Å². The van der Waals surface area contributed by atoms with Crippen molar-refractivity contribution < 1.29 is 0 Å². The van der Waals surface area contributed by atoms with Crippen molar-refractivity contribution in [2.45, 2.75) is 27.2 Å². The zero-order valence-corrected chi connectivity index (χ0v) is 10.7. The van der Waals surface area contributed by atoms with E-state index in [1.165, 1.54) is 27.9 Å². The van der Waals surface area contributed by atoms with Crippen LogP contribution in [-0.4, -0.2) is 17.2 Å². The highest BCUT2D eigenvalue weighted by Gasteiger charge is 2.27. The first-order valence-corrected chi connectivity index (χ1v) is 6.22. The zero-order valence-electron chi connectivity index (χ0n) is 10.7. The Morgan fingerprint density at radius 2 is 1.94 bits per heavy atom. The second kappa shape index (κ2) is 3.46. The number of para-hydroxylation sites is 1. The SMILES string of the molecule is CC(C)(C)C1=NCCc2c1[nH]c1ccccc21. The highest BCUT2D eigenvalue weighted by Crippen LogP contribution is 2.31. The van der Waals surface area contributed by atoms with Gasteiger partial charge in [0.05, 0.1) is 11.4 Å². The summed E-state index contributed by atoms with van der Waals surface area (Å²) in [6, 6.07) is 8.54. The topological polar surface area (TPSA) is 28.1 Å². The van der Waals surface area contributed by atoms with Crippen LogP contribution in [0.3, 0.4) is 0 Å². The van der Waals surface area contributed by atoms with Crippen LogP contribution in [0.4, 0.5) is 0 Å². The smallest absolute Gasteiger partial charge is 0.0644 e. The quantitative estimate of drug-likeness (QED) is 0.711. The second-order valence-electron chi connectivity index (χ2n) is 5.75. The monoisotopic (exact) mass is 226 g/mol. The molecular weight excluding hydrogens is 208 g/mol. The van der Waals surface area contributed by atoms with E-state index in [0.717, 1.165) is 13.0 Å². The van der Waals surface area contributed by atoms with Crippen LogP contribution in [0.25, 0.3) is 10.9 Å². The van der Waals surface area contributed by atoms with E-state index in [2.05, 4.69) is 50.0 Å². The Morgan fingerprint density at radius 3 is 2.71 bits per heavy atom. The van der Waals surface area contributed by atoms with Crippen LogP contribution in [0.5, 0.6) is 0 Å². The number of aliphatic imine (C=N–C) groups is 1. The van der Waals surface area contributed by atoms with Crippen LogP contribution < -0.4 is 0 Å². The summed E-state index contributed by atoms with van der Waals surface area (Å²) >= 11 is 0. The molecule has 0 spiro atoms. The Bertz CT molecular complexity index is 597. The molecule has 2 heteroatoms. The molecule has 1 aromatic heterocycles. The van der Waals surface area contributed by atoms with Crippen molar-refractivity contribution in [2.24, 2.45) is 10.4 Å². The van der Waals surface area contributed by atoms with Crippen LogP contribution in [0, 0.1) is 5.41 Å². The van der Waals surface area contributed by atoms with Crippen molar-refractivity contribution in [3.8, 4) is 0 Å². The van der Waals surface area contributed by atoms with E-state index < -0.39 is 0 Å². The maximum absolute atomic E-state index is 4.72. The van der Waals surface area contributed by atoms with Gasteiger partial charge in [-0.05, 0) is 18.1 Å². The van der Waals surface area contributed by atoms with Gasteiger partial charge in [0.2, 0.25) is 0 Å². The molecule has 2 aromatic rings. The Morgan fingerprint density at radius 1 is 1.18 bits per heavy atom. The van der Waals surface area contributed by atoms with Crippen LogP contribution in [0.2, 0.25) is 0 Å². The van der Waals surface area contributed by atoms with Crippen LogP contribution in [-0.2, 0) is 6.42 Å². The zero-order chi connectivity index (χ0) is 12.0. The van der Waals surface area contributed by atoms with E-state index >= 15 is 0 Å². The third-order valence-corrected chi connectivity index (χ3v) is 3.39. The van der Waals surface area contributed by atoms with Gasteiger partial charge >= 0.3 is 0 Å². The molecule has 2 nitrogen and oxygen atoms in total. The van der Waals surface area contributed by atoms with Gasteiger partial charge in [-0.15, -0.1) is 0 Å². The number of fused-ring (bicyclic) bond motifs is 3. The number of hydrogen-bond donors (Lipinski definition) is 1. The summed E-state index contributed by atoms with van der Waals surface area (Å²) in [5.74, 6) is 0. The van der Waals surface area contributed by atoms with Crippen LogP contribution in [0.15, 0.2) is 29.3 Å². The normalized spacial score (nSPS) is 15.8. The summed E-state index contributed by atoms with van der Waals surface area (Å²) in [5, 5.41) is 1.36. The van der Waals surface area contributed by atoms with E-state index in [4.69, 9.17) is 4.99 Å². The van der Waals surface area contributed by atoms with E-state index in [1.807, 2.05) is 0 Å². The Balaban J connectivity index is 2.27. The first-order chi connectivity index (χ1) is 8.07. The first kappa shape index (κ1) is 10.6. The summed E-state index contributed by atoms with van der Waals surface area (Å²) in [6.45, 7) is 7.60. The standard InChI is InChI=1S/C15H18N2/c1-15(2,3)14-13-11(8-9-16-14)10-6-4-5-7-12(10)17-13/h4-7,17H,8-9H2,1-3H3. The number of aromatic amines is 1. The minimum Gasteiger partial charge on any atom is -0.353 e. The highest BCUT2D eigenvalue weighted by atomic mass is 14.8. The average molecular weight is 226 g/mol. The fourth-order valence-corrected chi connectivity index (χ4v) is 2.63. The molecule has 0 amide bonds. The molecule has 0 fully saturated rings. The molecule has 0 atom stereocenters. The first-order valence-electron chi connectivity index (χ1n) is 6.22. The predicted molar refractivity (Wildman–Crippen MR) is 72.9 cm³/mol. The lowest BCUT2D eigenvalue weighted by molar-refractivity contribution is 0.584. The lowest BCUT2D eigenvalue weighted by atomic mass is 9.84. The molecule has 0 aliphatic carbocycles. The van der Waals surface area contributed by atoms with Gasteiger partial charge in [0, 0.05) is 22.9 Å².